The van der Waals surface area contributed by atoms with Crippen molar-refractivity contribution >= 4 is 17.0 Å². The van der Waals surface area contributed by atoms with Crippen molar-refractivity contribution in [3.63, 3.8) is 0 Å². The minimum atomic E-state index is -0.664. The van der Waals surface area contributed by atoms with Crippen LogP contribution in [0.15, 0.2) is 115 Å². The van der Waals surface area contributed by atoms with Gasteiger partial charge in [0.1, 0.15) is 11.1 Å². The van der Waals surface area contributed by atoms with E-state index in [9.17, 15) is 4.79 Å². The van der Waals surface area contributed by atoms with E-state index in [1.807, 2.05) is 20.8 Å². The Bertz CT molecular complexity index is 1490. The molecule has 4 aromatic carbocycles. The Balaban J connectivity index is 1.48. The fraction of sp³-hybridized carbons (Fsp3) is 0.235. The number of hydrogen-bond donors (Lipinski definition) is 0. The van der Waals surface area contributed by atoms with Gasteiger partial charge >= 0.3 is 6.09 Å². The monoisotopic (exact) mass is 515 g/mol. The fourth-order valence-corrected chi connectivity index (χ4v) is 5.68. The molecule has 0 bridgehead atoms. The number of ether oxygens (including phenoxy) is 1. The Kier molecular flexibility index (Phi) is 6.22. The lowest BCUT2D eigenvalue weighted by molar-refractivity contribution is 0.00830. The number of carbonyl (C=O) groups excluding carboxylic acids is 1. The first-order valence-electron chi connectivity index (χ1n) is 13.5. The van der Waals surface area contributed by atoms with Gasteiger partial charge in [0.2, 0.25) is 0 Å². The molecular weight excluding hydrogens is 482 g/mol. The summed E-state index contributed by atoms with van der Waals surface area (Å²) in [7, 11) is 0. The van der Waals surface area contributed by atoms with Gasteiger partial charge in [-0.3, -0.25) is 4.68 Å². The molecule has 1 saturated heterocycles. The third-order valence-corrected chi connectivity index (χ3v) is 7.48. The highest BCUT2D eigenvalue weighted by atomic mass is 16.6. The minimum Gasteiger partial charge on any atom is -0.444 e. The Morgan fingerprint density at radius 3 is 1.74 bits per heavy atom. The maximum Gasteiger partial charge on any atom is 0.410 e. The molecule has 1 amide bonds. The standard InChI is InChI=1S/C34H33N3O2/c1-33(2,3)39-32(38)36-22-25(23-36)29-20-13-21-31-30(29)24-37(35-31)34(26-14-7-4-8-15-26,27-16-9-5-10-17-27)28-18-11-6-12-19-28/h4-21,24-25H,22-23H2,1-3H3. The predicted molar refractivity (Wildman–Crippen MR) is 155 cm³/mol. The first kappa shape index (κ1) is 24.9. The molecule has 5 nitrogen and oxygen atoms in total. The highest BCUT2D eigenvalue weighted by Crippen LogP contribution is 2.42. The SMILES string of the molecule is CC(C)(C)OC(=O)N1CC(c2cccc3nn(C(c4ccccc4)(c4ccccc4)c4ccccc4)cc23)C1. The summed E-state index contributed by atoms with van der Waals surface area (Å²) < 4.78 is 7.71. The van der Waals surface area contributed by atoms with E-state index in [4.69, 9.17) is 9.84 Å². The molecule has 0 N–H and O–H groups in total. The van der Waals surface area contributed by atoms with Crippen LogP contribution in [0.4, 0.5) is 4.79 Å². The van der Waals surface area contributed by atoms with E-state index in [0.29, 0.717) is 13.1 Å². The van der Waals surface area contributed by atoms with Crippen molar-refractivity contribution in [1.29, 1.82) is 0 Å². The maximum absolute atomic E-state index is 12.6. The van der Waals surface area contributed by atoms with Gasteiger partial charge < -0.3 is 9.64 Å². The zero-order valence-corrected chi connectivity index (χ0v) is 22.6. The number of likely N-dealkylation sites (tertiary alicyclic amines) is 1. The summed E-state index contributed by atoms with van der Waals surface area (Å²) in [5, 5.41) is 6.34. The van der Waals surface area contributed by atoms with Gasteiger partial charge in [-0.2, -0.15) is 5.10 Å². The highest BCUT2D eigenvalue weighted by molar-refractivity contribution is 5.83. The molecule has 1 aliphatic heterocycles. The number of nitrogens with zero attached hydrogens (tertiary/aromatic N) is 3. The summed E-state index contributed by atoms with van der Waals surface area (Å²) >= 11 is 0. The van der Waals surface area contributed by atoms with E-state index in [2.05, 4.69) is 120 Å². The van der Waals surface area contributed by atoms with Crippen LogP contribution in [0.25, 0.3) is 10.9 Å². The summed E-state index contributed by atoms with van der Waals surface area (Å²) in [6, 6.07) is 38.1. The Hall–Kier alpha value is -4.38. The molecule has 5 aromatic rings. The van der Waals surface area contributed by atoms with Gasteiger partial charge in [-0.05, 0) is 49.1 Å². The molecule has 1 fully saturated rings. The molecule has 5 heteroatoms. The fourth-order valence-electron chi connectivity index (χ4n) is 5.68. The smallest absolute Gasteiger partial charge is 0.410 e. The molecule has 0 unspecified atom stereocenters. The minimum absolute atomic E-state index is 0.235. The van der Waals surface area contributed by atoms with Gasteiger partial charge in [0, 0.05) is 30.6 Å². The van der Waals surface area contributed by atoms with Gasteiger partial charge in [0.05, 0.1) is 5.52 Å². The van der Waals surface area contributed by atoms with Gasteiger partial charge in [-0.15, -0.1) is 0 Å². The average Bonchev–Trinajstić information content (AvgIpc) is 3.34. The summed E-state index contributed by atoms with van der Waals surface area (Å²) in [5.41, 5.74) is 4.39. The van der Waals surface area contributed by atoms with Crippen LogP contribution in [-0.2, 0) is 10.3 Å². The van der Waals surface area contributed by atoms with Crippen molar-refractivity contribution in [3.8, 4) is 0 Å². The van der Waals surface area contributed by atoms with E-state index in [1.54, 1.807) is 4.90 Å². The highest BCUT2D eigenvalue weighted by Gasteiger charge is 2.40. The first-order chi connectivity index (χ1) is 18.9. The summed E-state index contributed by atoms with van der Waals surface area (Å²) in [4.78, 5) is 14.4. The third kappa shape index (κ3) is 4.48. The van der Waals surface area contributed by atoms with Crippen molar-refractivity contribution in [1.82, 2.24) is 14.7 Å². The van der Waals surface area contributed by atoms with Crippen LogP contribution >= 0.6 is 0 Å². The first-order valence-corrected chi connectivity index (χ1v) is 13.5. The van der Waals surface area contributed by atoms with Gasteiger partial charge in [-0.1, -0.05) is 103 Å². The van der Waals surface area contributed by atoms with Crippen LogP contribution in [-0.4, -0.2) is 39.5 Å². The second-order valence-electron chi connectivity index (χ2n) is 11.2. The maximum atomic E-state index is 12.6. The van der Waals surface area contributed by atoms with Crippen molar-refractivity contribution in [2.24, 2.45) is 0 Å². The molecule has 0 radical (unpaired) electrons. The van der Waals surface area contributed by atoms with E-state index in [1.165, 1.54) is 5.56 Å². The Morgan fingerprint density at radius 1 is 0.744 bits per heavy atom. The molecule has 2 heterocycles. The van der Waals surface area contributed by atoms with E-state index in [0.717, 1.165) is 27.6 Å². The van der Waals surface area contributed by atoms with E-state index in [-0.39, 0.29) is 12.0 Å². The molecule has 0 aliphatic carbocycles. The number of hydrogen-bond acceptors (Lipinski definition) is 3. The lowest BCUT2D eigenvalue weighted by atomic mass is 9.77. The Labute approximate surface area is 229 Å². The molecule has 0 saturated carbocycles. The predicted octanol–water partition coefficient (Wildman–Crippen LogP) is 7.21. The zero-order chi connectivity index (χ0) is 27.0. The lowest BCUT2D eigenvalue weighted by Gasteiger charge is -2.40. The van der Waals surface area contributed by atoms with Crippen LogP contribution in [0, 0.1) is 0 Å². The number of fused-ring (bicyclic) bond motifs is 1. The van der Waals surface area contributed by atoms with Crippen molar-refractivity contribution in [2.45, 2.75) is 37.8 Å². The van der Waals surface area contributed by atoms with Gasteiger partial charge in [0.25, 0.3) is 0 Å². The number of carbonyl (C=O) groups is 1. The van der Waals surface area contributed by atoms with Crippen molar-refractivity contribution in [3.05, 3.63) is 138 Å². The topological polar surface area (TPSA) is 47.4 Å². The largest absolute Gasteiger partial charge is 0.444 e. The van der Waals surface area contributed by atoms with E-state index < -0.39 is 11.1 Å². The molecule has 196 valence electrons. The van der Waals surface area contributed by atoms with Crippen molar-refractivity contribution < 1.29 is 9.53 Å². The van der Waals surface area contributed by atoms with Crippen molar-refractivity contribution in [2.75, 3.05) is 13.1 Å². The van der Waals surface area contributed by atoms with Crippen LogP contribution < -0.4 is 0 Å². The van der Waals surface area contributed by atoms with Crippen LogP contribution in [0.3, 0.4) is 0 Å². The second kappa shape index (κ2) is 9.73. The molecule has 39 heavy (non-hydrogen) atoms. The number of aromatic nitrogens is 2. The molecule has 0 spiro atoms. The zero-order valence-electron chi connectivity index (χ0n) is 22.6. The quantitative estimate of drug-likeness (QED) is 0.232. The molecule has 1 aliphatic rings. The van der Waals surface area contributed by atoms with Gasteiger partial charge in [-0.25, -0.2) is 4.79 Å². The third-order valence-electron chi connectivity index (χ3n) is 7.48. The lowest BCUT2D eigenvalue weighted by Crippen LogP contribution is -2.50. The molecule has 0 atom stereocenters. The summed E-state index contributed by atoms with van der Waals surface area (Å²) in [6.45, 7) is 6.97. The molecule has 6 rings (SSSR count). The molecule has 1 aromatic heterocycles. The average molecular weight is 516 g/mol. The van der Waals surface area contributed by atoms with Gasteiger partial charge in [0.15, 0.2) is 0 Å². The number of rotatable bonds is 5. The normalized spacial score (nSPS) is 14.3. The van der Waals surface area contributed by atoms with Crippen LogP contribution in [0.5, 0.6) is 0 Å². The van der Waals surface area contributed by atoms with Crippen LogP contribution in [0.2, 0.25) is 0 Å². The number of amides is 1. The molecular formula is C34H33N3O2. The summed E-state index contributed by atoms with van der Waals surface area (Å²) in [5.74, 6) is 0.235. The Morgan fingerprint density at radius 2 is 1.26 bits per heavy atom. The second-order valence-corrected chi connectivity index (χ2v) is 11.2. The van der Waals surface area contributed by atoms with E-state index >= 15 is 0 Å². The number of benzene rings is 4. The van der Waals surface area contributed by atoms with Crippen LogP contribution in [0.1, 0.15) is 48.9 Å². The summed E-state index contributed by atoms with van der Waals surface area (Å²) in [6.07, 6.45) is 1.94.